The summed E-state index contributed by atoms with van der Waals surface area (Å²) in [6.45, 7) is 14.7. The van der Waals surface area contributed by atoms with Gasteiger partial charge in [0.05, 0.1) is 25.4 Å². The van der Waals surface area contributed by atoms with Gasteiger partial charge in [0.1, 0.15) is 0 Å². The average Bonchev–Trinajstić information content (AvgIpc) is 2.65. The van der Waals surface area contributed by atoms with E-state index in [0.717, 1.165) is 64.4 Å². The van der Waals surface area contributed by atoms with Gasteiger partial charge in [0.15, 0.2) is 5.96 Å². The van der Waals surface area contributed by atoms with Gasteiger partial charge in [-0.1, -0.05) is 6.42 Å². The molecule has 0 aromatic heterocycles. The summed E-state index contributed by atoms with van der Waals surface area (Å²) in [5.41, 5.74) is -0.830. The van der Waals surface area contributed by atoms with Crippen molar-refractivity contribution < 1.29 is 9.84 Å². The minimum Gasteiger partial charge on any atom is -0.387 e. The monoisotopic (exact) mass is 383 g/mol. The minimum absolute atomic E-state index is 0.392. The van der Waals surface area contributed by atoms with Gasteiger partial charge in [0.2, 0.25) is 0 Å². The van der Waals surface area contributed by atoms with E-state index in [1.165, 1.54) is 25.8 Å². The summed E-state index contributed by atoms with van der Waals surface area (Å²) in [6.07, 6.45) is 5.15. The zero-order valence-electron chi connectivity index (χ0n) is 17.7. The zero-order chi connectivity index (χ0) is 19.5. The lowest BCUT2D eigenvalue weighted by Crippen LogP contribution is -2.48. The van der Waals surface area contributed by atoms with Crippen molar-refractivity contribution >= 4 is 5.96 Å². The molecule has 0 aromatic carbocycles. The van der Waals surface area contributed by atoms with Crippen LogP contribution >= 0.6 is 0 Å². The second-order valence-corrected chi connectivity index (χ2v) is 8.24. The zero-order valence-corrected chi connectivity index (χ0v) is 17.7. The van der Waals surface area contributed by atoms with Gasteiger partial charge in [0.25, 0.3) is 0 Å². The molecule has 0 aliphatic carbocycles. The Labute approximate surface area is 165 Å². The van der Waals surface area contributed by atoms with Crippen LogP contribution in [-0.2, 0) is 4.74 Å². The van der Waals surface area contributed by atoms with Gasteiger partial charge >= 0.3 is 0 Å². The highest BCUT2D eigenvalue weighted by atomic mass is 16.5. The van der Waals surface area contributed by atoms with E-state index in [-0.39, 0.29) is 0 Å². The van der Waals surface area contributed by atoms with Crippen molar-refractivity contribution in [1.82, 2.24) is 20.4 Å². The number of aliphatic imine (C=N–C) groups is 1. The third-order valence-electron chi connectivity index (χ3n) is 5.45. The maximum Gasteiger partial charge on any atom is 0.191 e. The standard InChI is InChI=1S/C20H41N5O2/c1-4-21-19(22-9-7-11-25-10-6-5-8-18(25)2)23-16-20(3,26)17-24-12-14-27-15-13-24/h18,26H,4-17H2,1-3H3,(H2,21,22,23). The van der Waals surface area contributed by atoms with Gasteiger partial charge in [-0.05, 0) is 46.6 Å². The lowest BCUT2D eigenvalue weighted by atomic mass is 10.0. The number of nitrogens with one attached hydrogen (secondary N) is 2. The molecular formula is C20H41N5O2. The normalized spacial score (nSPS) is 25.2. The first-order chi connectivity index (χ1) is 13.0. The molecule has 0 saturated carbocycles. The molecule has 0 radical (unpaired) electrons. The van der Waals surface area contributed by atoms with Crippen molar-refractivity contribution in [3.05, 3.63) is 0 Å². The van der Waals surface area contributed by atoms with E-state index in [1.54, 1.807) is 0 Å². The molecule has 2 aliphatic rings. The second-order valence-electron chi connectivity index (χ2n) is 8.24. The number of hydrogen-bond donors (Lipinski definition) is 3. The van der Waals surface area contributed by atoms with Gasteiger partial charge in [-0.15, -0.1) is 0 Å². The van der Waals surface area contributed by atoms with E-state index >= 15 is 0 Å². The van der Waals surface area contributed by atoms with Crippen LogP contribution in [0.4, 0.5) is 0 Å². The van der Waals surface area contributed by atoms with E-state index in [9.17, 15) is 5.11 Å². The van der Waals surface area contributed by atoms with E-state index in [2.05, 4.69) is 39.3 Å². The summed E-state index contributed by atoms with van der Waals surface area (Å²) >= 11 is 0. The molecule has 2 aliphatic heterocycles. The SMILES string of the molecule is CCNC(=NCC(C)(O)CN1CCOCC1)NCCCN1CCCCC1C. The fraction of sp³-hybridized carbons (Fsp3) is 0.950. The molecule has 0 aromatic rings. The number of β-amino-alcohol motifs (C(OH)–C–C–N with tert-alkyl or cyclic N) is 1. The number of hydrogen-bond acceptors (Lipinski definition) is 5. The number of likely N-dealkylation sites (tertiary alicyclic amines) is 1. The predicted molar refractivity (Wildman–Crippen MR) is 111 cm³/mol. The number of morpholine rings is 1. The predicted octanol–water partition coefficient (Wildman–Crippen LogP) is 0.889. The third kappa shape index (κ3) is 8.77. The summed E-state index contributed by atoms with van der Waals surface area (Å²) < 4.78 is 5.38. The Balaban J connectivity index is 1.71. The first kappa shape index (κ1) is 22.4. The highest BCUT2D eigenvalue weighted by Crippen LogP contribution is 2.16. The Morgan fingerprint density at radius 2 is 2.00 bits per heavy atom. The van der Waals surface area contributed by atoms with Gasteiger partial charge in [-0.3, -0.25) is 9.89 Å². The van der Waals surface area contributed by atoms with Gasteiger partial charge in [0, 0.05) is 45.3 Å². The van der Waals surface area contributed by atoms with Crippen LogP contribution < -0.4 is 10.6 Å². The molecule has 158 valence electrons. The van der Waals surface area contributed by atoms with Crippen LogP contribution in [0.2, 0.25) is 0 Å². The van der Waals surface area contributed by atoms with Crippen molar-refractivity contribution in [3.8, 4) is 0 Å². The quantitative estimate of drug-likeness (QED) is 0.312. The second kappa shape index (κ2) is 11.8. The summed E-state index contributed by atoms with van der Waals surface area (Å²) in [4.78, 5) is 9.47. The molecule has 2 fully saturated rings. The van der Waals surface area contributed by atoms with Crippen LogP contribution in [-0.4, -0.2) is 98.1 Å². The number of nitrogens with zero attached hydrogens (tertiary/aromatic N) is 3. The lowest BCUT2D eigenvalue weighted by Gasteiger charge is -2.33. The number of guanidine groups is 1. The molecule has 2 unspecified atom stereocenters. The van der Waals surface area contributed by atoms with E-state index in [1.807, 2.05) is 6.92 Å². The van der Waals surface area contributed by atoms with Crippen molar-refractivity contribution in [3.63, 3.8) is 0 Å². The van der Waals surface area contributed by atoms with Crippen LogP contribution in [0.3, 0.4) is 0 Å². The van der Waals surface area contributed by atoms with E-state index < -0.39 is 5.60 Å². The van der Waals surface area contributed by atoms with Crippen LogP contribution in [0.15, 0.2) is 4.99 Å². The number of piperidine rings is 1. The first-order valence-corrected chi connectivity index (χ1v) is 10.8. The first-order valence-electron chi connectivity index (χ1n) is 10.8. The van der Waals surface area contributed by atoms with Gasteiger partial charge in [-0.25, -0.2) is 0 Å². The molecule has 0 bridgehead atoms. The summed E-state index contributed by atoms with van der Waals surface area (Å²) in [7, 11) is 0. The topological polar surface area (TPSA) is 72.4 Å². The number of aliphatic hydroxyl groups is 1. The minimum atomic E-state index is -0.830. The molecule has 0 amide bonds. The van der Waals surface area contributed by atoms with Crippen molar-refractivity contribution in [2.75, 3.05) is 65.6 Å². The highest BCUT2D eigenvalue weighted by Gasteiger charge is 2.25. The van der Waals surface area contributed by atoms with Crippen molar-refractivity contribution in [1.29, 1.82) is 0 Å². The smallest absolute Gasteiger partial charge is 0.191 e. The molecule has 2 atom stereocenters. The van der Waals surface area contributed by atoms with Crippen LogP contribution in [0, 0.1) is 0 Å². The third-order valence-corrected chi connectivity index (χ3v) is 5.45. The largest absolute Gasteiger partial charge is 0.387 e. The molecular weight excluding hydrogens is 342 g/mol. The average molecular weight is 384 g/mol. The van der Waals surface area contributed by atoms with Crippen molar-refractivity contribution in [2.45, 2.75) is 58.1 Å². The van der Waals surface area contributed by atoms with Gasteiger partial charge < -0.3 is 25.4 Å². The molecule has 7 nitrogen and oxygen atoms in total. The summed E-state index contributed by atoms with van der Waals surface area (Å²) in [6, 6.07) is 0.718. The maximum atomic E-state index is 10.7. The Hall–Kier alpha value is -0.890. The van der Waals surface area contributed by atoms with E-state index in [4.69, 9.17) is 4.74 Å². The Kier molecular flexibility index (Phi) is 9.82. The Morgan fingerprint density at radius 1 is 1.22 bits per heavy atom. The number of ether oxygens (including phenoxy) is 1. The van der Waals surface area contributed by atoms with Crippen LogP contribution in [0.1, 0.15) is 46.5 Å². The fourth-order valence-electron chi connectivity index (χ4n) is 3.86. The molecule has 7 heteroatoms. The Bertz CT molecular complexity index is 438. The summed E-state index contributed by atoms with van der Waals surface area (Å²) in [5.74, 6) is 0.798. The van der Waals surface area contributed by atoms with Gasteiger partial charge in [-0.2, -0.15) is 0 Å². The fourth-order valence-corrected chi connectivity index (χ4v) is 3.86. The maximum absolute atomic E-state index is 10.7. The molecule has 27 heavy (non-hydrogen) atoms. The van der Waals surface area contributed by atoms with Crippen molar-refractivity contribution in [2.24, 2.45) is 4.99 Å². The van der Waals surface area contributed by atoms with Crippen LogP contribution in [0.25, 0.3) is 0 Å². The number of rotatable bonds is 9. The molecule has 2 rings (SSSR count). The molecule has 3 N–H and O–H groups in total. The Morgan fingerprint density at radius 3 is 2.70 bits per heavy atom. The van der Waals surface area contributed by atoms with E-state index in [0.29, 0.717) is 13.1 Å². The highest BCUT2D eigenvalue weighted by molar-refractivity contribution is 5.79. The van der Waals surface area contributed by atoms with Crippen LogP contribution in [0.5, 0.6) is 0 Å². The molecule has 0 spiro atoms. The molecule has 2 saturated heterocycles. The molecule has 2 heterocycles. The summed E-state index contributed by atoms with van der Waals surface area (Å²) in [5, 5.41) is 17.4. The lowest BCUT2D eigenvalue weighted by molar-refractivity contribution is -0.0179.